The first-order valence-corrected chi connectivity index (χ1v) is 15.5. The lowest BCUT2D eigenvalue weighted by Gasteiger charge is -2.11. The van der Waals surface area contributed by atoms with E-state index in [2.05, 4.69) is 158 Å². The highest BCUT2D eigenvalue weighted by molar-refractivity contribution is 6.17. The molecular formula is C43H27N3. The van der Waals surface area contributed by atoms with Crippen molar-refractivity contribution >= 4 is 43.1 Å². The summed E-state index contributed by atoms with van der Waals surface area (Å²) < 4.78 is 0. The average molecular weight is 586 g/mol. The molecule has 0 amide bonds. The normalized spacial score (nSPS) is 11.5. The van der Waals surface area contributed by atoms with Gasteiger partial charge in [0.1, 0.15) is 0 Å². The van der Waals surface area contributed by atoms with E-state index in [4.69, 9.17) is 15.0 Å². The number of rotatable bonds is 4. The van der Waals surface area contributed by atoms with Crippen molar-refractivity contribution in [1.29, 1.82) is 0 Å². The van der Waals surface area contributed by atoms with E-state index < -0.39 is 0 Å². The van der Waals surface area contributed by atoms with Crippen LogP contribution in [0.3, 0.4) is 0 Å². The molecule has 9 aromatic rings. The predicted octanol–water partition coefficient (Wildman–Crippen LogP) is 11.2. The van der Waals surface area contributed by atoms with Crippen molar-refractivity contribution in [2.24, 2.45) is 0 Å². The molecule has 46 heavy (non-hydrogen) atoms. The van der Waals surface area contributed by atoms with Crippen molar-refractivity contribution < 1.29 is 0 Å². The van der Waals surface area contributed by atoms with Gasteiger partial charge in [-0.1, -0.05) is 152 Å². The van der Waals surface area contributed by atoms with Crippen LogP contribution >= 0.6 is 0 Å². The maximum Gasteiger partial charge on any atom is 0.164 e. The van der Waals surface area contributed by atoms with Gasteiger partial charge in [-0.05, 0) is 66.3 Å². The molecule has 9 rings (SSSR count). The second kappa shape index (κ2) is 10.8. The second-order valence-corrected chi connectivity index (χ2v) is 11.7. The van der Waals surface area contributed by atoms with E-state index >= 15 is 0 Å². The van der Waals surface area contributed by atoms with Gasteiger partial charge in [-0.25, -0.2) is 15.0 Å². The van der Waals surface area contributed by atoms with E-state index in [0.717, 1.165) is 33.0 Å². The Morgan fingerprint density at radius 2 is 0.674 bits per heavy atom. The standard InChI is InChI=1S/C43H27N3/c1-2-8-28(9-3-1)30-14-17-32(18-15-30)41-44-42(35-19-16-29-10-4-5-12-33(29)26-35)46-43(45-41)36-22-23-38-34(27-36)21-25-39-37-13-7-6-11-31(37)20-24-40(38)39/h1-27H. The minimum atomic E-state index is 0.651. The van der Waals surface area contributed by atoms with E-state index in [1.165, 1.54) is 37.9 Å². The average Bonchev–Trinajstić information content (AvgIpc) is 3.14. The van der Waals surface area contributed by atoms with E-state index in [1.807, 2.05) is 6.07 Å². The van der Waals surface area contributed by atoms with Crippen molar-refractivity contribution in [3.05, 3.63) is 164 Å². The third-order valence-corrected chi connectivity index (χ3v) is 8.89. The number of hydrogen-bond donors (Lipinski definition) is 0. The van der Waals surface area contributed by atoms with Gasteiger partial charge in [-0.15, -0.1) is 0 Å². The van der Waals surface area contributed by atoms with Gasteiger partial charge in [0, 0.05) is 16.7 Å². The second-order valence-electron chi connectivity index (χ2n) is 11.7. The highest BCUT2D eigenvalue weighted by atomic mass is 15.0. The maximum absolute atomic E-state index is 5.06. The largest absolute Gasteiger partial charge is 0.208 e. The molecule has 3 nitrogen and oxygen atoms in total. The Morgan fingerprint density at radius 3 is 1.41 bits per heavy atom. The molecule has 0 saturated heterocycles. The van der Waals surface area contributed by atoms with Crippen LogP contribution in [0.2, 0.25) is 0 Å². The van der Waals surface area contributed by atoms with Crippen LogP contribution in [0.5, 0.6) is 0 Å². The van der Waals surface area contributed by atoms with Crippen LogP contribution in [-0.2, 0) is 0 Å². The van der Waals surface area contributed by atoms with Gasteiger partial charge >= 0.3 is 0 Å². The van der Waals surface area contributed by atoms with E-state index in [-0.39, 0.29) is 0 Å². The lowest BCUT2D eigenvalue weighted by Crippen LogP contribution is -2.00. The zero-order valence-corrected chi connectivity index (χ0v) is 24.9. The predicted molar refractivity (Wildman–Crippen MR) is 192 cm³/mol. The van der Waals surface area contributed by atoms with Crippen molar-refractivity contribution in [2.75, 3.05) is 0 Å². The molecule has 0 radical (unpaired) electrons. The van der Waals surface area contributed by atoms with Gasteiger partial charge in [0.25, 0.3) is 0 Å². The quantitative estimate of drug-likeness (QED) is 0.193. The molecule has 214 valence electrons. The molecule has 1 heterocycles. The zero-order chi connectivity index (χ0) is 30.5. The molecular weight excluding hydrogens is 558 g/mol. The summed E-state index contributed by atoms with van der Waals surface area (Å²) in [7, 11) is 0. The molecule has 0 aliphatic carbocycles. The van der Waals surface area contributed by atoms with Gasteiger partial charge in [0.2, 0.25) is 0 Å². The first-order valence-electron chi connectivity index (χ1n) is 15.5. The number of hydrogen-bond acceptors (Lipinski definition) is 3. The molecule has 0 atom stereocenters. The first kappa shape index (κ1) is 26.2. The Labute approximate surface area is 266 Å². The fourth-order valence-electron chi connectivity index (χ4n) is 6.50. The Hall–Kier alpha value is -6.19. The number of nitrogens with zero attached hydrogens (tertiary/aromatic N) is 3. The molecule has 0 N–H and O–H groups in total. The summed E-state index contributed by atoms with van der Waals surface area (Å²) in [5.74, 6) is 1.96. The zero-order valence-electron chi connectivity index (χ0n) is 24.9. The van der Waals surface area contributed by atoms with Gasteiger partial charge in [0.05, 0.1) is 0 Å². The van der Waals surface area contributed by atoms with Crippen molar-refractivity contribution in [2.45, 2.75) is 0 Å². The number of benzene rings is 8. The molecule has 1 aromatic heterocycles. The molecule has 0 fully saturated rings. The lowest BCUT2D eigenvalue weighted by atomic mass is 9.96. The summed E-state index contributed by atoms with van der Waals surface area (Å²) in [5, 5.41) is 9.74. The maximum atomic E-state index is 5.06. The Bertz CT molecular complexity index is 2570. The molecule has 8 aromatic carbocycles. The van der Waals surface area contributed by atoms with Crippen LogP contribution < -0.4 is 0 Å². The highest BCUT2D eigenvalue weighted by Crippen LogP contribution is 2.34. The molecule has 3 heteroatoms. The third kappa shape index (κ3) is 4.58. The van der Waals surface area contributed by atoms with Gasteiger partial charge in [0.15, 0.2) is 17.5 Å². The van der Waals surface area contributed by atoms with Crippen molar-refractivity contribution in [3.8, 4) is 45.3 Å². The van der Waals surface area contributed by atoms with Gasteiger partial charge < -0.3 is 0 Å². The summed E-state index contributed by atoms with van der Waals surface area (Å²) in [6, 6.07) is 57.6. The summed E-state index contributed by atoms with van der Waals surface area (Å²) in [6.07, 6.45) is 0. The molecule has 0 bridgehead atoms. The van der Waals surface area contributed by atoms with Crippen molar-refractivity contribution in [3.63, 3.8) is 0 Å². The Kier molecular flexibility index (Phi) is 6.14. The fraction of sp³-hybridized carbons (Fsp3) is 0. The van der Waals surface area contributed by atoms with Gasteiger partial charge in [-0.2, -0.15) is 0 Å². The van der Waals surface area contributed by atoms with Crippen LogP contribution in [0.25, 0.3) is 88.4 Å². The molecule has 0 aliphatic heterocycles. The summed E-state index contributed by atoms with van der Waals surface area (Å²) in [6.45, 7) is 0. The van der Waals surface area contributed by atoms with Crippen molar-refractivity contribution in [1.82, 2.24) is 15.0 Å². The van der Waals surface area contributed by atoms with Crippen LogP contribution in [-0.4, -0.2) is 15.0 Å². The van der Waals surface area contributed by atoms with E-state index in [0.29, 0.717) is 17.5 Å². The third-order valence-electron chi connectivity index (χ3n) is 8.89. The van der Waals surface area contributed by atoms with Crippen LogP contribution in [0.1, 0.15) is 0 Å². The summed E-state index contributed by atoms with van der Waals surface area (Å²) >= 11 is 0. The summed E-state index contributed by atoms with van der Waals surface area (Å²) in [5.41, 5.74) is 5.20. The minimum Gasteiger partial charge on any atom is -0.208 e. The first-order chi connectivity index (χ1) is 22.8. The molecule has 0 aliphatic rings. The van der Waals surface area contributed by atoms with Crippen LogP contribution in [0, 0.1) is 0 Å². The highest BCUT2D eigenvalue weighted by Gasteiger charge is 2.14. The monoisotopic (exact) mass is 585 g/mol. The lowest BCUT2D eigenvalue weighted by molar-refractivity contribution is 1.08. The smallest absolute Gasteiger partial charge is 0.164 e. The van der Waals surface area contributed by atoms with Crippen LogP contribution in [0.15, 0.2) is 164 Å². The Morgan fingerprint density at radius 1 is 0.239 bits per heavy atom. The fourth-order valence-corrected chi connectivity index (χ4v) is 6.50. The topological polar surface area (TPSA) is 38.7 Å². The molecule has 0 saturated carbocycles. The number of aromatic nitrogens is 3. The summed E-state index contributed by atoms with van der Waals surface area (Å²) in [4.78, 5) is 15.1. The molecule has 0 spiro atoms. The van der Waals surface area contributed by atoms with E-state index in [9.17, 15) is 0 Å². The minimum absolute atomic E-state index is 0.651. The van der Waals surface area contributed by atoms with Gasteiger partial charge in [-0.3, -0.25) is 0 Å². The SMILES string of the molecule is c1ccc(-c2ccc(-c3nc(-c4ccc5ccccc5c4)nc(-c4ccc5c(ccc6c7ccccc7ccc56)c4)n3)cc2)cc1. The number of fused-ring (bicyclic) bond motifs is 6. The van der Waals surface area contributed by atoms with E-state index in [1.54, 1.807) is 0 Å². The Balaban J connectivity index is 1.20. The molecule has 0 unspecified atom stereocenters. The van der Waals surface area contributed by atoms with Crippen LogP contribution in [0.4, 0.5) is 0 Å².